The Balaban J connectivity index is 1.39. The zero-order valence-electron chi connectivity index (χ0n) is 26.7. The fourth-order valence-electron chi connectivity index (χ4n) is 6.77. The monoisotopic (exact) mass is 674 g/mol. The third-order valence-electron chi connectivity index (χ3n) is 9.23. The minimum absolute atomic E-state index is 0.0937. The Morgan fingerprint density at radius 2 is 0.875 bits per heavy atom. The molecule has 12 heteroatoms. The van der Waals surface area contributed by atoms with Crippen molar-refractivity contribution in [1.82, 2.24) is 9.80 Å². The first-order chi connectivity index (χ1) is 23.1. The van der Waals surface area contributed by atoms with E-state index >= 15 is 0 Å². The minimum atomic E-state index is -1.22. The Morgan fingerprint density at radius 3 is 1.21 bits per heavy atom. The number of nitrogens with one attached hydrogen (secondary N) is 2. The lowest BCUT2D eigenvalue weighted by Crippen LogP contribution is -2.43. The van der Waals surface area contributed by atoms with E-state index in [2.05, 4.69) is 10.6 Å². The van der Waals surface area contributed by atoms with E-state index in [1.54, 1.807) is 28.0 Å². The molecule has 48 heavy (non-hydrogen) atoms. The van der Waals surface area contributed by atoms with E-state index < -0.39 is 58.3 Å². The van der Waals surface area contributed by atoms with Crippen LogP contribution in [-0.4, -0.2) is 33.9 Å². The van der Waals surface area contributed by atoms with Crippen LogP contribution >= 0.6 is 0 Å². The second-order valence-electron chi connectivity index (χ2n) is 12.7. The molecule has 3 aromatic carbocycles. The molecule has 0 atom stereocenters. The summed E-state index contributed by atoms with van der Waals surface area (Å²) in [6.07, 6.45) is 10.4. The number of carbonyl (C=O) groups excluding carboxylic acids is 2. The molecule has 2 fully saturated rings. The van der Waals surface area contributed by atoms with Crippen molar-refractivity contribution in [3.63, 3.8) is 0 Å². The number of benzene rings is 3. The first kappa shape index (κ1) is 35.1. The molecule has 0 aliphatic heterocycles. The van der Waals surface area contributed by atoms with Gasteiger partial charge in [-0.1, -0.05) is 75.6 Å². The number of amides is 4. The van der Waals surface area contributed by atoms with Crippen molar-refractivity contribution < 1.29 is 35.9 Å². The molecule has 0 radical (unpaired) electrons. The number of urea groups is 2. The lowest BCUT2D eigenvalue weighted by Gasteiger charge is -2.33. The Morgan fingerprint density at radius 1 is 0.542 bits per heavy atom. The Labute approximate surface area is 276 Å². The number of hydrogen-bond acceptors (Lipinski definition) is 2. The van der Waals surface area contributed by atoms with Crippen LogP contribution < -0.4 is 10.6 Å². The van der Waals surface area contributed by atoms with Crippen LogP contribution in [0, 0.1) is 34.9 Å². The average Bonchev–Trinajstić information content (AvgIpc) is 3.48. The highest BCUT2D eigenvalue weighted by atomic mass is 19.2. The lowest BCUT2D eigenvalue weighted by atomic mass is 10.0. The van der Waals surface area contributed by atoms with Gasteiger partial charge in [0.15, 0.2) is 23.3 Å². The Kier molecular flexibility index (Phi) is 11.9. The van der Waals surface area contributed by atoms with E-state index in [9.17, 15) is 35.9 Å². The maximum atomic E-state index is 14.5. The van der Waals surface area contributed by atoms with Crippen molar-refractivity contribution in [3.8, 4) is 0 Å². The van der Waals surface area contributed by atoms with E-state index in [0.717, 1.165) is 51.4 Å². The van der Waals surface area contributed by atoms with Crippen LogP contribution in [0.1, 0.15) is 88.2 Å². The quantitative estimate of drug-likeness (QED) is 0.185. The highest BCUT2D eigenvalue weighted by Crippen LogP contribution is 2.29. The molecule has 0 heterocycles. The molecule has 258 valence electrons. The smallest absolute Gasteiger partial charge is 0.317 e. The summed E-state index contributed by atoms with van der Waals surface area (Å²) >= 11 is 0. The van der Waals surface area contributed by atoms with Gasteiger partial charge in [0.1, 0.15) is 23.0 Å². The van der Waals surface area contributed by atoms with Crippen LogP contribution in [0.3, 0.4) is 0 Å². The summed E-state index contributed by atoms with van der Waals surface area (Å²) in [6, 6.07) is 7.37. The van der Waals surface area contributed by atoms with Gasteiger partial charge in [-0.25, -0.2) is 35.9 Å². The summed E-state index contributed by atoms with van der Waals surface area (Å²) < 4.78 is 85.0. The van der Waals surface area contributed by atoms with Crippen molar-refractivity contribution in [3.05, 3.63) is 94.6 Å². The van der Waals surface area contributed by atoms with Gasteiger partial charge in [0.05, 0.1) is 0 Å². The molecular weight excluding hydrogens is 634 g/mol. The highest BCUT2D eigenvalue weighted by molar-refractivity contribution is 5.90. The number of halogens is 6. The minimum Gasteiger partial charge on any atom is -0.317 e. The number of hydrogen-bond donors (Lipinski definition) is 2. The molecular formula is C36H40F6N4O2. The molecule has 2 saturated carbocycles. The average molecular weight is 675 g/mol. The number of nitrogens with zero attached hydrogens (tertiary/aromatic N) is 2. The van der Waals surface area contributed by atoms with Gasteiger partial charge in [0.2, 0.25) is 0 Å². The summed E-state index contributed by atoms with van der Waals surface area (Å²) in [6.45, 7) is 0.187. The van der Waals surface area contributed by atoms with Gasteiger partial charge < -0.3 is 20.4 Å². The molecule has 2 aliphatic rings. The van der Waals surface area contributed by atoms with E-state index in [1.807, 2.05) is 6.07 Å². The highest BCUT2D eigenvalue weighted by Gasteiger charge is 2.29. The van der Waals surface area contributed by atoms with Gasteiger partial charge in [-0.3, -0.25) is 0 Å². The van der Waals surface area contributed by atoms with Crippen molar-refractivity contribution in [2.45, 2.75) is 102 Å². The maximum absolute atomic E-state index is 14.5. The largest absolute Gasteiger partial charge is 0.322 e. The van der Waals surface area contributed by atoms with E-state index in [-0.39, 0.29) is 25.2 Å². The third kappa shape index (κ3) is 9.02. The van der Waals surface area contributed by atoms with Crippen LogP contribution in [0.15, 0.2) is 48.5 Å². The van der Waals surface area contributed by atoms with E-state index in [1.165, 1.54) is 0 Å². The number of anilines is 2. The van der Waals surface area contributed by atoms with Crippen LogP contribution in [0.5, 0.6) is 0 Å². The van der Waals surface area contributed by atoms with E-state index in [0.29, 0.717) is 61.1 Å². The summed E-state index contributed by atoms with van der Waals surface area (Å²) in [5.41, 5.74) is -0.0618. The SMILES string of the molecule is O=C(Nc1c(F)cc(F)cc1F)N(Cc1cccc(CN(C(=O)Nc2c(F)cc(F)cc2F)C2CCCCCC2)c1)C1CCCCCC1. The predicted octanol–water partition coefficient (Wildman–Crippen LogP) is 10.0. The second kappa shape index (κ2) is 16.3. The molecule has 0 saturated heterocycles. The lowest BCUT2D eigenvalue weighted by molar-refractivity contribution is 0.174. The van der Waals surface area contributed by atoms with E-state index in [4.69, 9.17) is 0 Å². The summed E-state index contributed by atoms with van der Waals surface area (Å²) in [4.78, 5) is 30.3. The zero-order chi connectivity index (χ0) is 34.2. The molecule has 0 unspecified atom stereocenters. The maximum Gasteiger partial charge on any atom is 0.322 e. The van der Waals surface area contributed by atoms with Crippen LogP contribution in [0.4, 0.5) is 47.3 Å². The topological polar surface area (TPSA) is 64.7 Å². The molecule has 5 rings (SSSR count). The molecule has 0 bridgehead atoms. The first-order valence-corrected chi connectivity index (χ1v) is 16.6. The van der Waals surface area contributed by atoms with Gasteiger partial charge in [0, 0.05) is 49.4 Å². The fourth-order valence-corrected chi connectivity index (χ4v) is 6.77. The molecule has 4 amide bonds. The van der Waals surface area contributed by atoms with Crippen LogP contribution in [0.2, 0.25) is 0 Å². The number of rotatable bonds is 8. The second-order valence-corrected chi connectivity index (χ2v) is 12.7. The van der Waals surface area contributed by atoms with Gasteiger partial charge in [0.25, 0.3) is 0 Å². The van der Waals surface area contributed by atoms with Gasteiger partial charge >= 0.3 is 12.1 Å². The Bertz CT molecular complexity index is 1430. The molecule has 6 nitrogen and oxygen atoms in total. The van der Waals surface area contributed by atoms with Crippen molar-refractivity contribution in [2.75, 3.05) is 10.6 Å². The van der Waals surface area contributed by atoms with Gasteiger partial charge in [-0.15, -0.1) is 0 Å². The standard InChI is InChI=1S/C36H40F6N4O2/c37-25-17-29(39)33(30(40)18-25)43-35(47)45(27-12-5-1-2-6-13-27)21-23-10-9-11-24(16-23)22-46(28-14-7-3-4-8-15-28)36(48)44-34-31(41)19-26(38)20-32(34)42/h9-11,16-20,27-28H,1-8,12-15,21-22H2,(H,43,47)(H,44,48). The molecule has 2 N–H and O–H groups in total. The summed E-state index contributed by atoms with van der Waals surface area (Å²) in [7, 11) is 0. The molecule has 3 aromatic rings. The Hall–Kier alpha value is -4.22. The fraction of sp³-hybridized carbons (Fsp3) is 0.444. The summed E-state index contributed by atoms with van der Waals surface area (Å²) in [5, 5.41) is 4.63. The van der Waals surface area contributed by atoms with Gasteiger partial charge in [-0.05, 0) is 36.8 Å². The zero-order valence-corrected chi connectivity index (χ0v) is 26.7. The molecule has 0 aromatic heterocycles. The summed E-state index contributed by atoms with van der Waals surface area (Å²) in [5.74, 6) is -7.08. The third-order valence-corrected chi connectivity index (χ3v) is 9.23. The van der Waals surface area contributed by atoms with Crippen molar-refractivity contribution in [2.24, 2.45) is 0 Å². The van der Waals surface area contributed by atoms with Crippen LogP contribution in [0.25, 0.3) is 0 Å². The normalized spacial score (nSPS) is 16.1. The molecule has 2 aliphatic carbocycles. The molecule has 0 spiro atoms. The van der Waals surface area contributed by atoms with Crippen LogP contribution in [-0.2, 0) is 13.1 Å². The first-order valence-electron chi connectivity index (χ1n) is 16.6. The number of carbonyl (C=O) groups is 2. The predicted molar refractivity (Wildman–Crippen MR) is 171 cm³/mol. The van der Waals surface area contributed by atoms with Crippen molar-refractivity contribution in [1.29, 1.82) is 0 Å². The van der Waals surface area contributed by atoms with Crippen molar-refractivity contribution >= 4 is 23.4 Å². The van der Waals surface area contributed by atoms with Gasteiger partial charge in [-0.2, -0.15) is 0 Å².